The van der Waals surface area contributed by atoms with Gasteiger partial charge in [0.15, 0.2) is 0 Å². The van der Waals surface area contributed by atoms with E-state index in [1.165, 1.54) is 5.56 Å². The van der Waals surface area contributed by atoms with Crippen LogP contribution in [0.5, 0.6) is 0 Å². The van der Waals surface area contributed by atoms with Crippen molar-refractivity contribution in [3.8, 4) is 0 Å². The van der Waals surface area contributed by atoms with Gasteiger partial charge in [-0.05, 0) is 31.2 Å². The minimum absolute atomic E-state index is 0.419. The molecule has 2 atom stereocenters. The van der Waals surface area contributed by atoms with Crippen LogP contribution in [0.15, 0.2) is 54.7 Å². The van der Waals surface area contributed by atoms with Gasteiger partial charge in [0.05, 0.1) is 6.04 Å². The third-order valence-electron chi connectivity index (χ3n) is 3.79. The van der Waals surface area contributed by atoms with Crippen molar-refractivity contribution in [2.45, 2.75) is 18.5 Å². The highest BCUT2D eigenvalue weighted by Crippen LogP contribution is 2.32. The number of nitrogens with zero attached hydrogens (tertiary/aromatic N) is 2. The molecule has 0 radical (unpaired) electrons. The summed E-state index contributed by atoms with van der Waals surface area (Å²) in [5.41, 5.74) is 1.37. The van der Waals surface area contributed by atoms with E-state index >= 15 is 0 Å². The predicted octanol–water partition coefficient (Wildman–Crippen LogP) is 2.94. The van der Waals surface area contributed by atoms with Crippen LogP contribution in [0.4, 0.5) is 5.82 Å². The molecule has 1 aromatic carbocycles. The van der Waals surface area contributed by atoms with Crippen molar-refractivity contribution in [3.63, 3.8) is 0 Å². The standard InChI is InChI=1S/C16H19N3/c1-19-12-10-14(18-15-9-5-6-11-17-15)16(19)13-7-3-2-4-8-13/h2-9,11,14,16H,10,12H2,1H3,(H,17,18). The van der Waals surface area contributed by atoms with E-state index in [0.717, 1.165) is 18.8 Å². The van der Waals surface area contributed by atoms with Crippen LogP contribution in [0, 0.1) is 0 Å². The Hall–Kier alpha value is -1.87. The second-order valence-electron chi connectivity index (χ2n) is 5.09. The molecule has 0 spiro atoms. The first kappa shape index (κ1) is 12.2. The lowest BCUT2D eigenvalue weighted by Gasteiger charge is -2.26. The molecule has 0 aliphatic carbocycles. The van der Waals surface area contributed by atoms with Crippen molar-refractivity contribution >= 4 is 5.82 Å². The minimum Gasteiger partial charge on any atom is -0.365 e. The summed E-state index contributed by atoms with van der Waals surface area (Å²) in [7, 11) is 2.19. The van der Waals surface area contributed by atoms with E-state index in [1.54, 1.807) is 0 Å². The number of aromatic nitrogens is 1. The Morgan fingerprint density at radius 2 is 1.89 bits per heavy atom. The first-order valence-electron chi connectivity index (χ1n) is 6.77. The van der Waals surface area contributed by atoms with Crippen molar-refractivity contribution in [3.05, 3.63) is 60.3 Å². The SMILES string of the molecule is CN1CCC(Nc2ccccn2)C1c1ccccc1. The molecular formula is C16H19N3. The van der Waals surface area contributed by atoms with Gasteiger partial charge in [-0.3, -0.25) is 4.90 Å². The van der Waals surface area contributed by atoms with Gasteiger partial charge in [0.2, 0.25) is 0 Å². The molecule has 1 fully saturated rings. The maximum atomic E-state index is 4.37. The second-order valence-corrected chi connectivity index (χ2v) is 5.09. The number of likely N-dealkylation sites (N-methyl/N-ethyl adjacent to an activating group) is 1. The van der Waals surface area contributed by atoms with Crippen molar-refractivity contribution in [1.29, 1.82) is 0 Å². The van der Waals surface area contributed by atoms with Crippen LogP contribution in [-0.4, -0.2) is 29.5 Å². The smallest absolute Gasteiger partial charge is 0.126 e. The third kappa shape index (κ3) is 2.61. The monoisotopic (exact) mass is 253 g/mol. The molecule has 2 aromatic rings. The molecule has 2 heterocycles. The Balaban J connectivity index is 1.81. The number of hydrogen-bond acceptors (Lipinski definition) is 3. The molecular weight excluding hydrogens is 234 g/mol. The van der Waals surface area contributed by atoms with E-state index in [9.17, 15) is 0 Å². The van der Waals surface area contributed by atoms with Gasteiger partial charge in [-0.25, -0.2) is 4.98 Å². The lowest BCUT2D eigenvalue weighted by atomic mass is 10.0. The van der Waals surface area contributed by atoms with Gasteiger partial charge in [-0.1, -0.05) is 36.4 Å². The fourth-order valence-corrected chi connectivity index (χ4v) is 2.87. The maximum absolute atomic E-state index is 4.37. The molecule has 0 bridgehead atoms. The van der Waals surface area contributed by atoms with Crippen LogP contribution in [-0.2, 0) is 0 Å². The minimum atomic E-state index is 0.419. The van der Waals surface area contributed by atoms with Crippen molar-refractivity contribution in [1.82, 2.24) is 9.88 Å². The van der Waals surface area contributed by atoms with Gasteiger partial charge in [-0.15, -0.1) is 0 Å². The van der Waals surface area contributed by atoms with Gasteiger partial charge in [0.1, 0.15) is 5.82 Å². The largest absolute Gasteiger partial charge is 0.365 e. The highest BCUT2D eigenvalue weighted by molar-refractivity contribution is 5.37. The molecule has 1 saturated heterocycles. The van der Waals surface area contributed by atoms with E-state index in [0.29, 0.717) is 12.1 Å². The number of anilines is 1. The molecule has 3 rings (SSSR count). The molecule has 0 amide bonds. The Labute approximate surface area is 114 Å². The highest BCUT2D eigenvalue weighted by atomic mass is 15.2. The average Bonchev–Trinajstić information content (AvgIpc) is 2.82. The molecule has 3 heteroatoms. The van der Waals surface area contributed by atoms with Gasteiger partial charge in [0, 0.05) is 18.8 Å². The number of benzene rings is 1. The summed E-state index contributed by atoms with van der Waals surface area (Å²) in [6.45, 7) is 1.12. The van der Waals surface area contributed by atoms with Crippen LogP contribution in [0.2, 0.25) is 0 Å². The Morgan fingerprint density at radius 1 is 1.11 bits per heavy atom. The number of rotatable bonds is 3. The quantitative estimate of drug-likeness (QED) is 0.911. The summed E-state index contributed by atoms with van der Waals surface area (Å²) >= 11 is 0. The van der Waals surface area contributed by atoms with Crippen molar-refractivity contribution in [2.75, 3.05) is 18.9 Å². The summed E-state index contributed by atoms with van der Waals surface area (Å²) < 4.78 is 0. The fourth-order valence-electron chi connectivity index (χ4n) is 2.87. The lowest BCUT2D eigenvalue weighted by molar-refractivity contribution is 0.309. The van der Waals surface area contributed by atoms with Gasteiger partial charge >= 0.3 is 0 Å². The molecule has 19 heavy (non-hydrogen) atoms. The molecule has 98 valence electrons. The maximum Gasteiger partial charge on any atom is 0.126 e. The second kappa shape index (κ2) is 5.41. The fraction of sp³-hybridized carbons (Fsp3) is 0.312. The molecule has 1 aliphatic heterocycles. The van der Waals surface area contributed by atoms with Crippen molar-refractivity contribution in [2.24, 2.45) is 0 Å². The normalized spacial score (nSPS) is 23.4. The summed E-state index contributed by atoms with van der Waals surface area (Å²) in [5, 5.41) is 3.57. The van der Waals surface area contributed by atoms with Crippen molar-refractivity contribution < 1.29 is 0 Å². The van der Waals surface area contributed by atoms with Gasteiger partial charge < -0.3 is 5.32 Å². The van der Waals surface area contributed by atoms with E-state index < -0.39 is 0 Å². The third-order valence-corrected chi connectivity index (χ3v) is 3.79. The Kier molecular flexibility index (Phi) is 3.47. The molecule has 3 nitrogen and oxygen atoms in total. The molecule has 0 saturated carbocycles. The first-order valence-corrected chi connectivity index (χ1v) is 6.77. The number of pyridine rings is 1. The highest BCUT2D eigenvalue weighted by Gasteiger charge is 2.32. The van der Waals surface area contributed by atoms with Crippen LogP contribution >= 0.6 is 0 Å². The van der Waals surface area contributed by atoms with E-state index in [2.05, 4.69) is 52.6 Å². The van der Waals surface area contributed by atoms with E-state index in [1.807, 2.05) is 24.4 Å². The zero-order chi connectivity index (χ0) is 13.1. The van der Waals surface area contributed by atoms with E-state index in [4.69, 9.17) is 0 Å². The molecule has 1 N–H and O–H groups in total. The number of nitrogens with one attached hydrogen (secondary N) is 1. The Morgan fingerprint density at radius 3 is 2.63 bits per heavy atom. The predicted molar refractivity (Wildman–Crippen MR) is 78.1 cm³/mol. The Bertz CT molecular complexity index is 512. The average molecular weight is 253 g/mol. The summed E-state index contributed by atoms with van der Waals surface area (Å²) in [4.78, 5) is 6.78. The molecule has 2 unspecified atom stereocenters. The lowest BCUT2D eigenvalue weighted by Crippen LogP contribution is -2.29. The molecule has 1 aliphatic rings. The summed E-state index contributed by atoms with van der Waals surface area (Å²) in [6.07, 6.45) is 2.98. The summed E-state index contributed by atoms with van der Waals surface area (Å²) in [5.74, 6) is 0.962. The van der Waals surface area contributed by atoms with Crippen LogP contribution in [0.3, 0.4) is 0 Å². The number of hydrogen-bond donors (Lipinski definition) is 1. The molecule has 1 aromatic heterocycles. The van der Waals surface area contributed by atoms with Crippen LogP contribution in [0.1, 0.15) is 18.0 Å². The van der Waals surface area contributed by atoms with E-state index in [-0.39, 0.29) is 0 Å². The topological polar surface area (TPSA) is 28.2 Å². The first-order chi connectivity index (χ1) is 9.34. The van der Waals surface area contributed by atoms with Crippen LogP contribution in [0.25, 0.3) is 0 Å². The summed E-state index contributed by atoms with van der Waals surface area (Å²) in [6, 6.07) is 17.5. The van der Waals surface area contributed by atoms with Gasteiger partial charge in [-0.2, -0.15) is 0 Å². The number of likely N-dealkylation sites (tertiary alicyclic amines) is 1. The zero-order valence-electron chi connectivity index (χ0n) is 11.2. The zero-order valence-corrected chi connectivity index (χ0v) is 11.2. The van der Waals surface area contributed by atoms with Crippen LogP contribution < -0.4 is 5.32 Å². The van der Waals surface area contributed by atoms with Gasteiger partial charge in [0.25, 0.3) is 0 Å².